The SMILES string of the molecule is CN1CCN(C(=O)[C@@H](COCc2ccccc2)NC(=O)c2cccnc2Oc2ccc(F)cc2Cl)CC1.NC(=O)c1cccnc1. The molecule has 2 aromatic heterocycles. The van der Waals surface area contributed by atoms with E-state index >= 15 is 0 Å². The number of aromatic nitrogens is 2. The van der Waals surface area contributed by atoms with Crippen LogP contribution >= 0.6 is 11.6 Å². The molecule has 4 aromatic rings. The van der Waals surface area contributed by atoms with Crippen molar-refractivity contribution in [3.63, 3.8) is 0 Å². The average molecular weight is 649 g/mol. The maximum absolute atomic E-state index is 13.4. The molecule has 1 fully saturated rings. The molecule has 1 aliphatic rings. The predicted molar refractivity (Wildman–Crippen MR) is 170 cm³/mol. The van der Waals surface area contributed by atoms with Crippen molar-refractivity contribution in [2.45, 2.75) is 12.6 Å². The monoisotopic (exact) mass is 648 g/mol. The summed E-state index contributed by atoms with van der Waals surface area (Å²) in [4.78, 5) is 48.8. The molecule has 46 heavy (non-hydrogen) atoms. The fourth-order valence-electron chi connectivity index (χ4n) is 4.34. The van der Waals surface area contributed by atoms with E-state index in [1.165, 1.54) is 30.6 Å². The van der Waals surface area contributed by atoms with Crippen molar-refractivity contribution < 1.29 is 28.2 Å². The van der Waals surface area contributed by atoms with Gasteiger partial charge < -0.3 is 30.3 Å². The van der Waals surface area contributed by atoms with Gasteiger partial charge >= 0.3 is 0 Å². The third-order valence-electron chi connectivity index (χ3n) is 6.88. The lowest BCUT2D eigenvalue weighted by molar-refractivity contribution is -0.136. The molecule has 2 aromatic carbocycles. The van der Waals surface area contributed by atoms with Crippen LogP contribution in [0.25, 0.3) is 0 Å². The first-order valence-corrected chi connectivity index (χ1v) is 14.8. The van der Waals surface area contributed by atoms with E-state index in [2.05, 4.69) is 20.2 Å². The van der Waals surface area contributed by atoms with Gasteiger partial charge in [0.25, 0.3) is 5.91 Å². The molecule has 240 valence electrons. The second-order valence-electron chi connectivity index (χ2n) is 10.3. The van der Waals surface area contributed by atoms with Crippen LogP contribution in [-0.2, 0) is 16.1 Å². The van der Waals surface area contributed by atoms with E-state index in [0.29, 0.717) is 25.3 Å². The minimum absolute atomic E-state index is 0.00789. The maximum atomic E-state index is 13.4. The number of hydrogen-bond donors (Lipinski definition) is 2. The van der Waals surface area contributed by atoms with E-state index in [0.717, 1.165) is 24.7 Å². The molecule has 13 heteroatoms. The summed E-state index contributed by atoms with van der Waals surface area (Å²) in [6.45, 7) is 2.90. The number of pyridine rings is 2. The number of amides is 3. The van der Waals surface area contributed by atoms with Gasteiger partial charge in [-0.05, 0) is 55.1 Å². The first kappa shape index (κ1) is 34.0. The second-order valence-corrected chi connectivity index (χ2v) is 10.7. The largest absolute Gasteiger partial charge is 0.437 e. The highest BCUT2D eigenvalue weighted by Crippen LogP contribution is 2.30. The van der Waals surface area contributed by atoms with Crippen molar-refractivity contribution in [2.24, 2.45) is 5.73 Å². The van der Waals surface area contributed by atoms with Gasteiger partial charge in [-0.15, -0.1) is 0 Å². The number of carbonyl (C=O) groups is 3. The molecule has 3 heterocycles. The number of rotatable bonds is 10. The third kappa shape index (κ3) is 10.1. The van der Waals surface area contributed by atoms with Crippen molar-refractivity contribution in [3.05, 3.63) is 119 Å². The molecule has 0 unspecified atom stereocenters. The van der Waals surface area contributed by atoms with E-state index in [1.54, 1.807) is 29.3 Å². The van der Waals surface area contributed by atoms with E-state index in [4.69, 9.17) is 26.8 Å². The summed E-state index contributed by atoms with van der Waals surface area (Å²) >= 11 is 6.08. The van der Waals surface area contributed by atoms with Crippen LogP contribution < -0.4 is 15.8 Å². The summed E-state index contributed by atoms with van der Waals surface area (Å²) in [6.07, 6.45) is 4.48. The van der Waals surface area contributed by atoms with E-state index in [1.807, 2.05) is 37.4 Å². The number of nitrogens with one attached hydrogen (secondary N) is 1. The van der Waals surface area contributed by atoms with Gasteiger partial charge in [-0.25, -0.2) is 9.37 Å². The highest BCUT2D eigenvalue weighted by atomic mass is 35.5. The predicted octanol–water partition coefficient (Wildman–Crippen LogP) is 3.94. The standard InChI is InChI=1S/C27H28ClFN4O4.C6H6N2O/c1-32-12-14-33(15-13-32)27(35)23(18-36-17-19-6-3-2-4-7-19)31-25(34)21-8-5-11-30-26(21)37-24-10-9-20(29)16-22(24)28;7-6(9)5-2-1-3-8-4-5/h2-11,16,23H,12-15,17-18H2,1H3,(H,31,34);1-4H,(H2,7,9)/t23-;/m1./s1. The molecule has 0 saturated carbocycles. The Morgan fingerprint density at radius 3 is 2.39 bits per heavy atom. The Morgan fingerprint density at radius 1 is 1.00 bits per heavy atom. The number of piperazine rings is 1. The Kier molecular flexibility index (Phi) is 12.5. The first-order valence-electron chi connectivity index (χ1n) is 14.4. The molecule has 0 aliphatic carbocycles. The molecule has 1 atom stereocenters. The smallest absolute Gasteiger partial charge is 0.257 e. The molecule has 5 rings (SSSR count). The third-order valence-corrected chi connectivity index (χ3v) is 7.17. The molecule has 0 bridgehead atoms. The Bertz CT molecular complexity index is 1610. The zero-order chi connectivity index (χ0) is 32.9. The van der Waals surface area contributed by atoms with E-state index in [9.17, 15) is 18.8 Å². The number of carbonyl (C=O) groups excluding carboxylic acids is 3. The van der Waals surface area contributed by atoms with Crippen LogP contribution in [0.1, 0.15) is 26.3 Å². The number of likely N-dealkylation sites (N-methyl/N-ethyl adjacent to an activating group) is 1. The molecular formula is C33H34ClFN6O5. The van der Waals surface area contributed by atoms with Crippen molar-refractivity contribution in [3.8, 4) is 11.6 Å². The molecule has 1 saturated heterocycles. The van der Waals surface area contributed by atoms with E-state index < -0.39 is 23.7 Å². The van der Waals surface area contributed by atoms with Crippen molar-refractivity contribution in [2.75, 3.05) is 39.8 Å². The number of halogens is 2. The molecule has 3 N–H and O–H groups in total. The fraction of sp³-hybridized carbons (Fsp3) is 0.242. The zero-order valence-electron chi connectivity index (χ0n) is 25.1. The quantitative estimate of drug-likeness (QED) is 0.264. The summed E-state index contributed by atoms with van der Waals surface area (Å²) in [7, 11) is 2.00. The minimum atomic E-state index is -0.915. The summed E-state index contributed by atoms with van der Waals surface area (Å²) in [5, 5.41) is 2.83. The number of ether oxygens (including phenoxy) is 2. The van der Waals surface area contributed by atoms with Gasteiger partial charge in [0.1, 0.15) is 23.2 Å². The summed E-state index contributed by atoms with van der Waals surface area (Å²) < 4.78 is 25.0. The lowest BCUT2D eigenvalue weighted by atomic mass is 10.2. The van der Waals surface area contributed by atoms with Gasteiger partial charge in [0, 0.05) is 44.8 Å². The van der Waals surface area contributed by atoms with Crippen LogP contribution in [0.15, 0.2) is 91.4 Å². The van der Waals surface area contributed by atoms with Crippen LogP contribution in [0.4, 0.5) is 4.39 Å². The number of hydrogen-bond acceptors (Lipinski definition) is 8. The van der Waals surface area contributed by atoms with Crippen LogP contribution in [0.5, 0.6) is 11.6 Å². The number of primary amides is 1. The molecular weight excluding hydrogens is 615 g/mol. The topological polar surface area (TPSA) is 140 Å². The number of nitrogens with zero attached hydrogens (tertiary/aromatic N) is 4. The van der Waals surface area contributed by atoms with Gasteiger partial charge in [0.15, 0.2) is 0 Å². The van der Waals surface area contributed by atoms with Crippen LogP contribution in [-0.4, -0.2) is 83.4 Å². The molecule has 0 spiro atoms. The molecule has 1 aliphatic heterocycles. The second kappa shape index (κ2) is 17.0. The molecule has 0 radical (unpaired) electrons. The van der Waals surface area contributed by atoms with Gasteiger partial charge in [-0.2, -0.15) is 0 Å². The molecule has 11 nitrogen and oxygen atoms in total. The van der Waals surface area contributed by atoms with E-state index in [-0.39, 0.29) is 34.7 Å². The van der Waals surface area contributed by atoms with Gasteiger partial charge in [-0.1, -0.05) is 41.9 Å². The Labute approximate surface area is 271 Å². The Balaban J connectivity index is 0.000000459. The fourth-order valence-corrected chi connectivity index (χ4v) is 4.55. The maximum Gasteiger partial charge on any atom is 0.257 e. The minimum Gasteiger partial charge on any atom is -0.437 e. The summed E-state index contributed by atoms with van der Waals surface area (Å²) in [5.74, 6) is -1.61. The average Bonchev–Trinajstić information content (AvgIpc) is 3.07. The number of benzene rings is 2. The normalized spacial score (nSPS) is 13.6. The lowest BCUT2D eigenvalue weighted by Crippen LogP contribution is -2.55. The van der Waals surface area contributed by atoms with Gasteiger partial charge in [0.2, 0.25) is 17.7 Å². The van der Waals surface area contributed by atoms with Crippen LogP contribution in [0.3, 0.4) is 0 Å². The number of nitrogens with two attached hydrogens (primary N) is 1. The zero-order valence-corrected chi connectivity index (χ0v) is 25.9. The van der Waals surface area contributed by atoms with Crippen molar-refractivity contribution in [1.29, 1.82) is 0 Å². The Hall–Kier alpha value is -4.91. The first-order chi connectivity index (χ1) is 22.2. The highest BCUT2D eigenvalue weighted by Gasteiger charge is 2.29. The lowest BCUT2D eigenvalue weighted by Gasteiger charge is -2.34. The van der Waals surface area contributed by atoms with Crippen LogP contribution in [0.2, 0.25) is 5.02 Å². The molecule has 3 amide bonds. The van der Waals surface area contributed by atoms with Gasteiger partial charge in [0.05, 0.1) is 23.8 Å². The Morgan fingerprint density at radius 2 is 1.74 bits per heavy atom. The van der Waals surface area contributed by atoms with Crippen molar-refractivity contribution >= 4 is 29.3 Å². The van der Waals surface area contributed by atoms with Crippen LogP contribution in [0, 0.1) is 5.82 Å². The summed E-state index contributed by atoms with van der Waals surface area (Å²) in [6, 6.07) is 18.7. The summed E-state index contributed by atoms with van der Waals surface area (Å²) in [5.41, 5.74) is 6.43. The van der Waals surface area contributed by atoms with Crippen molar-refractivity contribution in [1.82, 2.24) is 25.1 Å². The van der Waals surface area contributed by atoms with Gasteiger partial charge in [-0.3, -0.25) is 19.4 Å². The highest BCUT2D eigenvalue weighted by molar-refractivity contribution is 6.32.